The first kappa shape index (κ1) is 25.5. The first-order chi connectivity index (χ1) is 16.4. The molecule has 0 radical (unpaired) electrons. The molecule has 1 heterocycles. The van der Waals surface area contributed by atoms with E-state index < -0.39 is 6.04 Å². The van der Waals surface area contributed by atoms with Crippen molar-refractivity contribution in [3.05, 3.63) is 53.6 Å². The second kappa shape index (κ2) is 12.4. The van der Waals surface area contributed by atoms with E-state index in [9.17, 15) is 4.79 Å². The van der Waals surface area contributed by atoms with Crippen molar-refractivity contribution in [1.82, 2.24) is 9.91 Å². The number of amides is 1. The molecule has 0 saturated heterocycles. The van der Waals surface area contributed by atoms with Crippen LogP contribution in [0.5, 0.6) is 17.2 Å². The van der Waals surface area contributed by atoms with Gasteiger partial charge in [0.15, 0.2) is 11.5 Å². The zero-order chi connectivity index (χ0) is 24.5. The molecular formula is C26H36N4O4. The lowest BCUT2D eigenvalue weighted by Gasteiger charge is -2.26. The van der Waals surface area contributed by atoms with Gasteiger partial charge in [0, 0.05) is 18.7 Å². The van der Waals surface area contributed by atoms with Gasteiger partial charge in [-0.25, -0.2) is 5.01 Å². The number of carbonyl (C=O) groups is 1. The van der Waals surface area contributed by atoms with Gasteiger partial charge >= 0.3 is 0 Å². The molecule has 184 valence electrons. The van der Waals surface area contributed by atoms with E-state index in [1.165, 1.54) is 5.01 Å². The number of benzene rings is 2. The molecule has 1 aliphatic heterocycles. The predicted molar refractivity (Wildman–Crippen MR) is 134 cm³/mol. The summed E-state index contributed by atoms with van der Waals surface area (Å²) >= 11 is 0. The summed E-state index contributed by atoms with van der Waals surface area (Å²) in [7, 11) is 5.63. The monoisotopic (exact) mass is 468 g/mol. The van der Waals surface area contributed by atoms with Crippen LogP contribution < -0.4 is 19.9 Å². The lowest BCUT2D eigenvalue weighted by Crippen LogP contribution is -2.44. The number of carbonyl (C=O) groups excluding carboxylic acids is 1. The Morgan fingerprint density at radius 1 is 1.15 bits per heavy atom. The zero-order valence-corrected chi connectivity index (χ0v) is 20.6. The Morgan fingerprint density at radius 3 is 2.59 bits per heavy atom. The summed E-state index contributed by atoms with van der Waals surface area (Å²) in [6.07, 6.45) is 2.05. The van der Waals surface area contributed by atoms with Gasteiger partial charge in [0.05, 0.1) is 25.5 Å². The summed E-state index contributed by atoms with van der Waals surface area (Å²) in [4.78, 5) is 15.1. The molecule has 0 aliphatic carbocycles. The Balaban J connectivity index is 1.64. The lowest BCUT2D eigenvalue weighted by atomic mass is 10.0. The van der Waals surface area contributed by atoms with Crippen LogP contribution in [0.3, 0.4) is 0 Å². The van der Waals surface area contributed by atoms with Crippen LogP contribution in [0.25, 0.3) is 0 Å². The van der Waals surface area contributed by atoms with E-state index >= 15 is 0 Å². The average molecular weight is 469 g/mol. The van der Waals surface area contributed by atoms with Gasteiger partial charge in [-0.2, -0.15) is 5.10 Å². The summed E-state index contributed by atoms with van der Waals surface area (Å²) < 4.78 is 16.8. The fourth-order valence-corrected chi connectivity index (χ4v) is 3.73. The van der Waals surface area contributed by atoms with Crippen molar-refractivity contribution in [2.75, 3.05) is 47.5 Å². The summed E-state index contributed by atoms with van der Waals surface area (Å²) in [5.74, 6) is 1.97. The highest BCUT2D eigenvalue weighted by atomic mass is 16.5. The zero-order valence-electron chi connectivity index (χ0n) is 20.6. The fourth-order valence-electron chi connectivity index (χ4n) is 3.73. The van der Waals surface area contributed by atoms with Crippen molar-refractivity contribution >= 4 is 11.6 Å². The second-order valence-corrected chi connectivity index (χ2v) is 8.52. The third kappa shape index (κ3) is 6.95. The Morgan fingerprint density at radius 2 is 1.91 bits per heavy atom. The summed E-state index contributed by atoms with van der Waals surface area (Å²) in [6.45, 7) is 4.50. The van der Waals surface area contributed by atoms with Crippen molar-refractivity contribution < 1.29 is 19.0 Å². The number of ether oxygens (including phenoxy) is 3. The SMILES string of the molecule is CCOc1cc(C2=NN(C(=O)[C@@H](N)Cc3ccc(OCCN(C)C)cc3)CCC2)ccc1OC. The third-order valence-corrected chi connectivity index (χ3v) is 5.58. The number of likely N-dealkylation sites (N-methyl/N-ethyl adjacent to an activating group) is 1. The normalized spacial score (nSPS) is 14.5. The molecule has 34 heavy (non-hydrogen) atoms. The molecule has 8 nitrogen and oxygen atoms in total. The number of nitrogens with two attached hydrogens (primary N) is 1. The first-order valence-corrected chi connectivity index (χ1v) is 11.7. The highest BCUT2D eigenvalue weighted by Crippen LogP contribution is 2.29. The molecule has 0 spiro atoms. The van der Waals surface area contributed by atoms with Crippen LogP contribution in [0.15, 0.2) is 47.6 Å². The molecule has 0 aromatic heterocycles. The van der Waals surface area contributed by atoms with Crippen LogP contribution >= 0.6 is 0 Å². The van der Waals surface area contributed by atoms with Crippen molar-refractivity contribution in [2.24, 2.45) is 10.8 Å². The Bertz CT molecular complexity index is 975. The van der Waals surface area contributed by atoms with E-state index in [4.69, 9.17) is 19.9 Å². The standard InChI is InChI=1S/C26H36N4O4/c1-5-33-25-18-20(10-13-24(25)32-4)23-7-6-14-30(28-23)26(31)22(27)17-19-8-11-21(12-9-19)34-16-15-29(2)3/h8-13,18,22H,5-7,14-17,27H2,1-4H3/t22-/m0/s1. The largest absolute Gasteiger partial charge is 0.493 e. The first-order valence-electron chi connectivity index (χ1n) is 11.7. The van der Waals surface area contributed by atoms with Crippen LogP contribution in [0.1, 0.15) is 30.9 Å². The molecule has 2 aromatic rings. The molecule has 8 heteroatoms. The van der Waals surface area contributed by atoms with Gasteiger partial charge in [0.25, 0.3) is 5.91 Å². The molecule has 2 aromatic carbocycles. The minimum absolute atomic E-state index is 0.179. The number of hydrogen-bond donors (Lipinski definition) is 1. The second-order valence-electron chi connectivity index (χ2n) is 8.52. The van der Waals surface area contributed by atoms with Gasteiger partial charge in [-0.1, -0.05) is 12.1 Å². The van der Waals surface area contributed by atoms with E-state index in [1.807, 2.05) is 63.5 Å². The maximum Gasteiger partial charge on any atom is 0.259 e. The lowest BCUT2D eigenvalue weighted by molar-refractivity contribution is -0.132. The molecule has 1 amide bonds. The van der Waals surface area contributed by atoms with Gasteiger partial charge < -0.3 is 24.8 Å². The van der Waals surface area contributed by atoms with E-state index in [0.29, 0.717) is 37.7 Å². The van der Waals surface area contributed by atoms with Crippen LogP contribution in [-0.2, 0) is 11.2 Å². The maximum absolute atomic E-state index is 13.0. The van der Waals surface area contributed by atoms with E-state index in [2.05, 4.69) is 10.0 Å². The smallest absolute Gasteiger partial charge is 0.259 e. The van der Waals surface area contributed by atoms with Crippen LogP contribution in [0.4, 0.5) is 0 Å². The average Bonchev–Trinajstić information content (AvgIpc) is 2.84. The number of methoxy groups -OCH3 is 1. The summed E-state index contributed by atoms with van der Waals surface area (Å²) in [6, 6.07) is 12.8. The van der Waals surface area contributed by atoms with Crippen molar-refractivity contribution in [1.29, 1.82) is 0 Å². The van der Waals surface area contributed by atoms with Crippen molar-refractivity contribution in [3.63, 3.8) is 0 Å². The van der Waals surface area contributed by atoms with Crippen LogP contribution in [0, 0.1) is 0 Å². The minimum Gasteiger partial charge on any atom is -0.493 e. The fraction of sp³-hybridized carbons (Fsp3) is 0.462. The Labute approximate surface area is 202 Å². The quantitative estimate of drug-likeness (QED) is 0.545. The van der Waals surface area contributed by atoms with Gasteiger partial charge in [-0.05, 0) is 76.2 Å². The van der Waals surface area contributed by atoms with Gasteiger partial charge in [0.1, 0.15) is 12.4 Å². The topological polar surface area (TPSA) is 89.6 Å². The predicted octanol–water partition coefficient (Wildman–Crippen LogP) is 2.93. The molecule has 0 bridgehead atoms. The Kier molecular flexibility index (Phi) is 9.30. The molecular weight excluding hydrogens is 432 g/mol. The minimum atomic E-state index is -0.668. The molecule has 2 N–H and O–H groups in total. The highest BCUT2D eigenvalue weighted by molar-refractivity contribution is 6.02. The van der Waals surface area contributed by atoms with Gasteiger partial charge in [-0.3, -0.25) is 4.79 Å². The Hall–Kier alpha value is -3.10. The van der Waals surface area contributed by atoms with Gasteiger partial charge in [-0.15, -0.1) is 0 Å². The highest BCUT2D eigenvalue weighted by Gasteiger charge is 2.25. The molecule has 1 aliphatic rings. The number of rotatable bonds is 11. The molecule has 0 saturated carbocycles. The van der Waals surface area contributed by atoms with E-state index in [1.54, 1.807) is 7.11 Å². The van der Waals surface area contributed by atoms with E-state index in [0.717, 1.165) is 42.0 Å². The summed E-state index contributed by atoms with van der Waals surface area (Å²) in [5, 5.41) is 6.14. The van der Waals surface area contributed by atoms with Crippen LogP contribution in [-0.4, -0.2) is 75.1 Å². The molecule has 3 rings (SSSR count). The maximum atomic E-state index is 13.0. The summed E-state index contributed by atoms with van der Waals surface area (Å²) in [5.41, 5.74) is 9.03. The van der Waals surface area contributed by atoms with Crippen LogP contribution in [0.2, 0.25) is 0 Å². The molecule has 0 unspecified atom stereocenters. The number of nitrogens with zero attached hydrogens (tertiary/aromatic N) is 3. The molecule has 0 fully saturated rings. The van der Waals surface area contributed by atoms with Crippen molar-refractivity contribution in [2.45, 2.75) is 32.2 Å². The number of hydrazone groups is 1. The molecule has 1 atom stereocenters. The van der Waals surface area contributed by atoms with E-state index in [-0.39, 0.29) is 5.91 Å². The third-order valence-electron chi connectivity index (χ3n) is 5.58. The van der Waals surface area contributed by atoms with Gasteiger partial charge in [0.2, 0.25) is 0 Å². The number of hydrogen-bond acceptors (Lipinski definition) is 7. The van der Waals surface area contributed by atoms with Crippen molar-refractivity contribution in [3.8, 4) is 17.2 Å².